The molecule has 0 aliphatic carbocycles. The van der Waals surface area contributed by atoms with Gasteiger partial charge in [0.05, 0.1) is 28.2 Å². The van der Waals surface area contributed by atoms with E-state index in [-0.39, 0.29) is 27.3 Å². The number of aromatic nitrogens is 2. The van der Waals surface area contributed by atoms with E-state index in [1.54, 1.807) is 6.92 Å². The van der Waals surface area contributed by atoms with Crippen LogP contribution in [0.2, 0.25) is 0 Å². The number of nitrogens with one attached hydrogen (secondary N) is 2. The van der Waals surface area contributed by atoms with E-state index in [1.165, 1.54) is 6.07 Å². The molecule has 0 saturated carbocycles. The average molecular weight is 624 g/mol. The summed E-state index contributed by atoms with van der Waals surface area (Å²) in [6.45, 7) is 1.56. The second kappa shape index (κ2) is 9.93. The van der Waals surface area contributed by atoms with Crippen LogP contribution in [0, 0.1) is 18.6 Å². The maximum Gasteiger partial charge on any atom is 0.416 e. The Hall–Kier alpha value is -4.68. The van der Waals surface area contributed by atoms with Crippen LogP contribution in [0.25, 0.3) is 11.0 Å². The number of carbonyl (C=O) groups is 2. The number of amides is 2. The van der Waals surface area contributed by atoms with Crippen LogP contribution in [0.5, 0.6) is 0 Å². The Morgan fingerprint density at radius 3 is 2.23 bits per heavy atom. The van der Waals surface area contributed by atoms with Crippen LogP contribution in [0.3, 0.4) is 0 Å². The van der Waals surface area contributed by atoms with Gasteiger partial charge in [0, 0.05) is 23.9 Å². The van der Waals surface area contributed by atoms with Gasteiger partial charge in [0.25, 0.3) is 11.8 Å². The van der Waals surface area contributed by atoms with Crippen LogP contribution in [-0.4, -0.2) is 52.5 Å². The normalized spacial score (nSPS) is 15.5. The number of aryl methyl sites for hydroxylation is 2. The van der Waals surface area contributed by atoms with E-state index in [4.69, 9.17) is 0 Å². The van der Waals surface area contributed by atoms with Gasteiger partial charge in [-0.2, -0.15) is 13.2 Å². The SMILES string of the molecule is Cc1ccc(F)cc1C1NC(=O)c2c1c(NC(=O)c1cc(F)cc(C(F)(F)F)c1)cc1c2n(C)c(=O)n1C(O)(O)C(O)(O)O. The van der Waals surface area contributed by atoms with E-state index < -0.39 is 81.1 Å². The lowest BCUT2D eigenvalue weighted by Gasteiger charge is -2.30. The number of rotatable bonds is 5. The number of nitrogens with zero attached hydrogens (tertiary/aromatic N) is 2. The van der Waals surface area contributed by atoms with Gasteiger partial charge >= 0.3 is 23.8 Å². The minimum Gasteiger partial charge on any atom is -0.342 e. The third-order valence-corrected chi connectivity index (χ3v) is 7.22. The minimum atomic E-state index is -5.04. The predicted molar refractivity (Wildman–Crippen MR) is 139 cm³/mol. The highest BCUT2D eigenvalue weighted by atomic mass is 19.4. The van der Waals surface area contributed by atoms with Crippen LogP contribution in [-0.2, 0) is 19.1 Å². The van der Waals surface area contributed by atoms with Crippen LogP contribution in [0.4, 0.5) is 27.6 Å². The van der Waals surface area contributed by atoms with Crippen molar-refractivity contribution in [2.24, 2.45) is 7.05 Å². The molecule has 12 nitrogen and oxygen atoms in total. The Labute approximate surface area is 241 Å². The van der Waals surface area contributed by atoms with Gasteiger partial charge in [-0.25, -0.2) is 18.1 Å². The highest BCUT2D eigenvalue weighted by Crippen LogP contribution is 2.43. The van der Waals surface area contributed by atoms with E-state index in [9.17, 15) is 61.9 Å². The molecule has 4 aromatic rings. The Kier molecular flexibility index (Phi) is 6.94. The number of benzene rings is 3. The fourth-order valence-electron chi connectivity index (χ4n) is 5.13. The smallest absolute Gasteiger partial charge is 0.342 e. The number of carbonyl (C=O) groups excluding carboxylic acids is 2. The Bertz CT molecular complexity index is 1940. The van der Waals surface area contributed by atoms with Crippen LogP contribution in [0.1, 0.15) is 49.0 Å². The van der Waals surface area contributed by atoms with E-state index >= 15 is 0 Å². The molecule has 1 unspecified atom stereocenters. The first-order valence-corrected chi connectivity index (χ1v) is 12.4. The van der Waals surface area contributed by atoms with E-state index in [0.717, 1.165) is 25.2 Å². The van der Waals surface area contributed by atoms with Gasteiger partial charge in [-0.15, -0.1) is 0 Å². The minimum absolute atomic E-state index is 0.129. The van der Waals surface area contributed by atoms with Crippen molar-refractivity contribution in [1.82, 2.24) is 14.5 Å². The molecule has 5 rings (SSSR count). The van der Waals surface area contributed by atoms with Gasteiger partial charge in [0.2, 0.25) is 0 Å². The summed E-state index contributed by atoms with van der Waals surface area (Å²) >= 11 is 0. The summed E-state index contributed by atoms with van der Waals surface area (Å²) in [5.41, 5.74) is -5.30. The quantitative estimate of drug-likeness (QED) is 0.128. The summed E-state index contributed by atoms with van der Waals surface area (Å²) in [5.74, 6) is -13.0. The fraction of sp³-hybridized carbons (Fsp3) is 0.222. The Balaban J connectivity index is 1.83. The van der Waals surface area contributed by atoms with Gasteiger partial charge in [0.15, 0.2) is 0 Å². The van der Waals surface area contributed by atoms with Crippen LogP contribution >= 0.6 is 0 Å². The molecule has 0 saturated heterocycles. The number of aliphatic hydroxyl groups is 5. The summed E-state index contributed by atoms with van der Waals surface area (Å²) in [6.07, 6.45) is -5.04. The molecule has 1 aromatic heterocycles. The second-order valence-corrected chi connectivity index (χ2v) is 10.1. The van der Waals surface area contributed by atoms with Gasteiger partial charge in [-0.1, -0.05) is 6.07 Å². The van der Waals surface area contributed by atoms with E-state index in [0.29, 0.717) is 22.3 Å². The molecule has 232 valence electrons. The average Bonchev–Trinajstić information content (AvgIpc) is 3.37. The molecule has 1 aliphatic rings. The molecular weight excluding hydrogens is 603 g/mol. The molecule has 3 aromatic carbocycles. The van der Waals surface area contributed by atoms with Crippen molar-refractivity contribution in [2.45, 2.75) is 31.0 Å². The Morgan fingerprint density at radius 2 is 1.61 bits per heavy atom. The predicted octanol–water partition coefficient (Wildman–Crippen LogP) is 1.26. The molecule has 0 bridgehead atoms. The summed E-state index contributed by atoms with van der Waals surface area (Å²) in [6, 6.07) is 4.11. The molecule has 1 aliphatic heterocycles. The largest absolute Gasteiger partial charge is 0.416 e. The van der Waals surface area contributed by atoms with Gasteiger partial charge in [0.1, 0.15) is 11.6 Å². The van der Waals surface area contributed by atoms with Gasteiger partial charge in [-0.3, -0.25) is 14.2 Å². The molecule has 0 radical (unpaired) electrons. The fourth-order valence-corrected chi connectivity index (χ4v) is 5.13. The zero-order valence-corrected chi connectivity index (χ0v) is 22.4. The molecule has 2 amide bonds. The maximum absolute atomic E-state index is 14.3. The zero-order valence-electron chi connectivity index (χ0n) is 22.4. The monoisotopic (exact) mass is 624 g/mol. The lowest BCUT2D eigenvalue weighted by molar-refractivity contribution is -0.480. The topological polar surface area (TPSA) is 186 Å². The third-order valence-electron chi connectivity index (χ3n) is 7.22. The molecule has 0 fully saturated rings. The number of halogens is 5. The first-order chi connectivity index (χ1) is 20.2. The molecule has 17 heteroatoms. The van der Waals surface area contributed by atoms with Crippen molar-refractivity contribution in [1.29, 1.82) is 0 Å². The second-order valence-electron chi connectivity index (χ2n) is 10.1. The van der Waals surface area contributed by atoms with Crippen molar-refractivity contribution in [3.63, 3.8) is 0 Å². The zero-order chi connectivity index (χ0) is 32.7. The van der Waals surface area contributed by atoms with E-state index in [2.05, 4.69) is 10.6 Å². The lowest BCUT2D eigenvalue weighted by atomic mass is 9.92. The first-order valence-electron chi connectivity index (χ1n) is 12.4. The Morgan fingerprint density at radius 1 is 0.955 bits per heavy atom. The lowest BCUT2D eigenvalue weighted by Crippen LogP contribution is -2.58. The number of anilines is 1. The number of hydrogen-bond acceptors (Lipinski definition) is 8. The molecular formula is C27H21F5N4O8. The van der Waals surface area contributed by atoms with Crippen molar-refractivity contribution in [3.8, 4) is 0 Å². The third kappa shape index (κ3) is 4.80. The summed E-state index contributed by atoms with van der Waals surface area (Å²) < 4.78 is 68.9. The van der Waals surface area contributed by atoms with Crippen molar-refractivity contribution >= 4 is 28.5 Å². The number of hydrogen-bond donors (Lipinski definition) is 7. The molecule has 2 heterocycles. The van der Waals surface area contributed by atoms with Crippen LogP contribution in [0.15, 0.2) is 47.3 Å². The summed E-state index contributed by atoms with van der Waals surface area (Å²) in [4.78, 5) is 39.8. The van der Waals surface area contributed by atoms with Gasteiger partial charge < -0.3 is 36.2 Å². The van der Waals surface area contributed by atoms with Gasteiger partial charge in [-0.05, 0) is 54.4 Å². The van der Waals surface area contributed by atoms with Crippen molar-refractivity contribution in [2.75, 3.05) is 5.32 Å². The van der Waals surface area contributed by atoms with Crippen LogP contribution < -0.4 is 16.3 Å². The van der Waals surface area contributed by atoms with Crippen molar-refractivity contribution < 1.29 is 57.1 Å². The van der Waals surface area contributed by atoms with Crippen molar-refractivity contribution in [3.05, 3.63) is 98.0 Å². The van der Waals surface area contributed by atoms with E-state index in [1.807, 2.05) is 0 Å². The number of imidazole rings is 1. The number of fused-ring (bicyclic) bond motifs is 3. The number of alkyl halides is 3. The summed E-state index contributed by atoms with van der Waals surface area (Å²) in [7, 11) is 1.04. The maximum atomic E-state index is 14.3. The summed E-state index contributed by atoms with van der Waals surface area (Å²) in [5, 5.41) is 54.3. The molecule has 0 spiro atoms. The molecule has 44 heavy (non-hydrogen) atoms. The molecule has 7 N–H and O–H groups in total. The highest BCUT2D eigenvalue weighted by Gasteiger charge is 2.52. The molecule has 1 atom stereocenters. The highest BCUT2D eigenvalue weighted by molar-refractivity contribution is 6.14. The first kappa shape index (κ1) is 30.8. The standard InChI is InChI=1S/C27H21F5N4O8/c1-10-3-4-13(28)8-15(10)20-18-16(33-22(37)11-5-12(25(30,31)32)7-14(29)6-11)9-17-21(19(18)23(38)34-20)35(2)24(39)36(17)26(40,41)27(42,43)44/h3-9,20,40-44H,1-2H3,(H,33,37)(H,34,38).